The fourth-order valence-corrected chi connectivity index (χ4v) is 6.36. The first-order valence-corrected chi connectivity index (χ1v) is 16.3. The average molecular weight is 777 g/mol. The van der Waals surface area contributed by atoms with E-state index in [9.17, 15) is 14.4 Å². The molecule has 3 N–H and O–H groups in total. The molecular weight excluding hydrogens is 735 g/mol. The van der Waals surface area contributed by atoms with Gasteiger partial charge in [0.1, 0.15) is 12.6 Å². The van der Waals surface area contributed by atoms with Crippen LogP contribution in [0.2, 0.25) is 0 Å². The number of likely N-dealkylation sites (tertiary alicyclic amines) is 1. The summed E-state index contributed by atoms with van der Waals surface area (Å²) in [6.45, 7) is 4.73. The van der Waals surface area contributed by atoms with Gasteiger partial charge in [-0.1, -0.05) is 54.6 Å². The van der Waals surface area contributed by atoms with E-state index < -0.39 is 18.0 Å². The third kappa shape index (κ3) is 9.30. The Kier molecular flexibility index (Phi) is 11.8. The van der Waals surface area contributed by atoms with Gasteiger partial charge in [-0.2, -0.15) is 0 Å². The molecule has 4 aromatic carbocycles. The lowest BCUT2D eigenvalue weighted by atomic mass is 10.00. The summed E-state index contributed by atoms with van der Waals surface area (Å²) in [5.41, 5.74) is 5.12. The van der Waals surface area contributed by atoms with Crippen molar-refractivity contribution in [2.24, 2.45) is 0 Å². The van der Waals surface area contributed by atoms with Crippen molar-refractivity contribution < 1.29 is 57.1 Å². The van der Waals surface area contributed by atoms with E-state index in [1.54, 1.807) is 31.2 Å². The Morgan fingerprint density at radius 2 is 1.57 bits per heavy atom. The van der Waals surface area contributed by atoms with Gasteiger partial charge in [-0.25, -0.2) is 9.59 Å². The number of benzene rings is 4. The zero-order valence-electron chi connectivity index (χ0n) is 27.6. The number of quaternary nitrogens is 1. The van der Waals surface area contributed by atoms with Gasteiger partial charge < -0.3 is 58.6 Å². The van der Waals surface area contributed by atoms with Crippen LogP contribution in [0.25, 0.3) is 11.1 Å². The molecule has 0 spiro atoms. The molecule has 6 rings (SSSR count). The molecule has 3 atom stereocenters. The minimum atomic E-state index is -0.820. The van der Waals surface area contributed by atoms with Crippen LogP contribution in [0.5, 0.6) is 11.5 Å². The van der Waals surface area contributed by atoms with Gasteiger partial charge in [-0.05, 0) is 66.1 Å². The number of hydrogen-bond acceptors (Lipinski definition) is 6. The minimum Gasteiger partial charge on any atom is -1.00 e. The quantitative estimate of drug-likeness (QED) is 0.123. The van der Waals surface area contributed by atoms with Crippen LogP contribution in [-0.2, 0) is 22.5 Å². The van der Waals surface area contributed by atoms with Crippen LogP contribution in [0.1, 0.15) is 34.8 Å². The first kappa shape index (κ1) is 35.7. The van der Waals surface area contributed by atoms with Crippen LogP contribution in [0.4, 0.5) is 10.5 Å². The van der Waals surface area contributed by atoms with Gasteiger partial charge in [-0.15, -0.1) is 0 Å². The number of halogens is 1. The number of esters is 1. The first-order valence-electron chi connectivity index (χ1n) is 16.3. The zero-order chi connectivity index (χ0) is 33.5. The monoisotopic (exact) mass is 776 g/mol. The number of anilines is 1. The summed E-state index contributed by atoms with van der Waals surface area (Å²) in [5, 5.41) is 8.91. The van der Waals surface area contributed by atoms with Crippen molar-refractivity contribution in [3.63, 3.8) is 0 Å². The van der Waals surface area contributed by atoms with Crippen LogP contribution in [0, 0.1) is 0 Å². The second kappa shape index (κ2) is 16.2. The van der Waals surface area contributed by atoms with Crippen molar-refractivity contribution in [2.45, 2.75) is 38.4 Å². The predicted octanol–water partition coefficient (Wildman–Crippen LogP) is 2.53. The predicted molar refractivity (Wildman–Crippen MR) is 183 cm³/mol. The second-order valence-electron chi connectivity index (χ2n) is 12.6. The van der Waals surface area contributed by atoms with Gasteiger partial charge in [0, 0.05) is 24.1 Å². The lowest BCUT2D eigenvalue weighted by Gasteiger charge is -2.30. The molecule has 11 heteroatoms. The maximum Gasteiger partial charge on any atom is 0.338 e. The number of urea groups is 1. The molecule has 0 bridgehead atoms. The van der Waals surface area contributed by atoms with Crippen LogP contribution in [0.15, 0.2) is 97.1 Å². The Hall–Kier alpha value is -4.62. The molecule has 0 saturated carbocycles. The highest BCUT2D eigenvalue weighted by molar-refractivity contribution is 5.95. The molecule has 1 saturated heterocycles. The summed E-state index contributed by atoms with van der Waals surface area (Å²) in [6.07, 6.45) is 1.14. The molecule has 2 aliphatic rings. The van der Waals surface area contributed by atoms with Crippen LogP contribution < -0.4 is 49.4 Å². The summed E-state index contributed by atoms with van der Waals surface area (Å²) in [6, 6.07) is 29.2. The fourth-order valence-electron chi connectivity index (χ4n) is 6.36. The lowest BCUT2D eigenvalue weighted by Crippen LogP contribution is -3.00. The summed E-state index contributed by atoms with van der Waals surface area (Å²) < 4.78 is 16.8. The number of rotatable bonds is 11. The van der Waals surface area contributed by atoms with Crippen LogP contribution >= 0.6 is 0 Å². The van der Waals surface area contributed by atoms with E-state index >= 15 is 0 Å². The summed E-state index contributed by atoms with van der Waals surface area (Å²) in [4.78, 5) is 39.0. The number of amides is 3. The first-order chi connectivity index (χ1) is 23.3. The highest BCUT2D eigenvalue weighted by Crippen LogP contribution is 2.34. The van der Waals surface area contributed by atoms with Crippen molar-refractivity contribution >= 4 is 23.6 Å². The molecular formula is C38H41IN4O6. The number of nitrogens with one attached hydrogen (secondary N) is 3. The molecule has 49 heavy (non-hydrogen) atoms. The van der Waals surface area contributed by atoms with Crippen LogP contribution in [-0.4, -0.2) is 68.0 Å². The van der Waals surface area contributed by atoms with E-state index in [1.165, 1.54) is 0 Å². The Morgan fingerprint density at radius 3 is 2.31 bits per heavy atom. The van der Waals surface area contributed by atoms with E-state index in [1.807, 2.05) is 54.6 Å². The number of fused-ring (bicyclic) bond motifs is 1. The lowest BCUT2D eigenvalue weighted by molar-refractivity contribution is -0.911. The largest absolute Gasteiger partial charge is 1.00 e. The van der Waals surface area contributed by atoms with Gasteiger partial charge in [0.25, 0.3) is 0 Å². The standard InChI is InChI=1S/C38H40N4O6.HI/c1-3-46-37(44)30-14-16-31(17-15-30)40-38(45)41-33(21-26-9-12-29(13-10-26)28-7-5-4-6-8-28)36(43)39-32-19-20-42(2,24-32)23-27-11-18-34-35(22-27)48-25-47-34;/h4-18,22,32-33H,3,19-21,23-25H2,1-2H3,(H2-,39,40,41,43,44,45);1H/t32-,33-,42?;/m0./s1. The Balaban J connectivity index is 0.00000468. The number of likely N-dealkylation sites (N-methyl/N-ethyl adjacent to an activating group) is 1. The molecule has 4 aromatic rings. The molecule has 1 fully saturated rings. The summed E-state index contributed by atoms with van der Waals surface area (Å²) in [5.74, 6) is 0.860. The molecule has 3 amide bonds. The Morgan fingerprint density at radius 1 is 0.878 bits per heavy atom. The SMILES string of the molecule is CCOC(=O)c1ccc(NC(=O)N[C@@H](Cc2ccc(-c3ccccc3)cc2)C(=O)N[C@H]2CC[N+](C)(Cc3ccc4c(c3)OCO4)C2)cc1.[I-]. The highest BCUT2D eigenvalue weighted by Gasteiger charge is 2.37. The van der Waals surface area contributed by atoms with Gasteiger partial charge in [0.05, 0.1) is 38.3 Å². The highest BCUT2D eigenvalue weighted by atomic mass is 127. The van der Waals surface area contributed by atoms with Crippen molar-refractivity contribution in [1.29, 1.82) is 0 Å². The number of hydrogen-bond donors (Lipinski definition) is 3. The van der Waals surface area contributed by atoms with Gasteiger partial charge in [0.2, 0.25) is 12.7 Å². The molecule has 0 aromatic heterocycles. The Labute approximate surface area is 303 Å². The zero-order valence-corrected chi connectivity index (χ0v) is 29.8. The molecule has 0 radical (unpaired) electrons. The second-order valence-corrected chi connectivity index (χ2v) is 12.6. The minimum absolute atomic E-state index is 0. The number of ether oxygens (including phenoxy) is 3. The topological polar surface area (TPSA) is 115 Å². The van der Waals surface area contributed by atoms with Gasteiger partial charge in [-0.3, -0.25) is 4.79 Å². The average Bonchev–Trinajstić information content (AvgIpc) is 3.71. The van der Waals surface area contributed by atoms with E-state index in [2.05, 4.69) is 41.2 Å². The van der Waals surface area contributed by atoms with E-state index in [0.29, 0.717) is 17.7 Å². The molecule has 1 unspecified atom stereocenters. The van der Waals surface area contributed by atoms with Crippen LogP contribution in [0.3, 0.4) is 0 Å². The number of carbonyl (C=O) groups excluding carboxylic acids is 3. The molecule has 2 heterocycles. The molecule has 256 valence electrons. The summed E-state index contributed by atoms with van der Waals surface area (Å²) in [7, 11) is 2.20. The number of carbonyl (C=O) groups is 3. The van der Waals surface area contributed by atoms with E-state index in [0.717, 1.165) is 64.3 Å². The van der Waals surface area contributed by atoms with E-state index in [4.69, 9.17) is 14.2 Å². The van der Waals surface area contributed by atoms with Gasteiger partial charge in [0.15, 0.2) is 11.5 Å². The Bertz CT molecular complexity index is 1750. The fraction of sp³-hybridized carbons (Fsp3) is 0.289. The van der Waals surface area contributed by atoms with Crippen molar-refractivity contribution in [2.75, 3.05) is 38.9 Å². The maximum atomic E-state index is 13.8. The third-order valence-electron chi connectivity index (χ3n) is 8.80. The number of nitrogens with zero attached hydrogens (tertiary/aromatic N) is 1. The maximum absolute atomic E-state index is 13.8. The van der Waals surface area contributed by atoms with Crippen molar-refractivity contribution in [3.8, 4) is 22.6 Å². The normalized spacial score (nSPS) is 18.1. The third-order valence-corrected chi connectivity index (χ3v) is 8.80. The molecule has 2 aliphatic heterocycles. The molecule has 10 nitrogen and oxygen atoms in total. The van der Waals surface area contributed by atoms with Crippen molar-refractivity contribution in [3.05, 3.63) is 114 Å². The van der Waals surface area contributed by atoms with Crippen molar-refractivity contribution in [1.82, 2.24) is 10.6 Å². The molecule has 0 aliphatic carbocycles. The van der Waals surface area contributed by atoms with E-state index in [-0.39, 0.29) is 49.3 Å². The van der Waals surface area contributed by atoms with Gasteiger partial charge >= 0.3 is 12.0 Å². The summed E-state index contributed by atoms with van der Waals surface area (Å²) >= 11 is 0. The smallest absolute Gasteiger partial charge is 0.338 e.